The summed E-state index contributed by atoms with van der Waals surface area (Å²) in [6, 6.07) is 7.48. The Morgan fingerprint density at radius 2 is 1.65 bits per heavy atom. The van der Waals surface area contributed by atoms with E-state index < -0.39 is 11.4 Å². The second-order valence-corrected chi connectivity index (χ2v) is 3.80. The number of nitrogens with one attached hydrogen (secondary N) is 3. The van der Waals surface area contributed by atoms with Crippen LogP contribution in [0.3, 0.4) is 0 Å². The van der Waals surface area contributed by atoms with Crippen LogP contribution < -0.4 is 16.7 Å². The van der Waals surface area contributed by atoms with E-state index in [0.717, 1.165) is 10.1 Å². The van der Waals surface area contributed by atoms with E-state index in [4.69, 9.17) is 0 Å². The molecule has 0 saturated heterocycles. The molecular formula is C11H14N4O2. The summed E-state index contributed by atoms with van der Waals surface area (Å²) in [5.41, 5.74) is 0.703. The molecule has 3 N–H and O–H groups in total. The number of hydrogen-bond donors (Lipinski definition) is 3. The molecule has 0 amide bonds. The van der Waals surface area contributed by atoms with Gasteiger partial charge >= 0.3 is 11.4 Å². The van der Waals surface area contributed by atoms with E-state index in [9.17, 15) is 9.59 Å². The second-order valence-electron chi connectivity index (χ2n) is 3.80. The lowest BCUT2D eigenvalue weighted by atomic mass is 10.1. The van der Waals surface area contributed by atoms with Crippen LogP contribution in [0.1, 0.15) is 18.5 Å². The van der Waals surface area contributed by atoms with E-state index in [0.29, 0.717) is 5.69 Å². The number of aromatic nitrogens is 3. The van der Waals surface area contributed by atoms with Gasteiger partial charge in [0.05, 0.1) is 5.69 Å². The maximum atomic E-state index is 11.4. The van der Waals surface area contributed by atoms with E-state index in [1.807, 2.05) is 26.1 Å². The highest BCUT2D eigenvalue weighted by atomic mass is 16.2. The Hall–Kier alpha value is -2.08. The van der Waals surface area contributed by atoms with Crippen molar-refractivity contribution in [1.29, 1.82) is 0 Å². The molecule has 90 valence electrons. The Bertz CT molecular complexity index is 578. The third-order valence-corrected chi connectivity index (χ3v) is 2.77. The highest BCUT2D eigenvalue weighted by molar-refractivity contribution is 5.35. The van der Waals surface area contributed by atoms with E-state index in [2.05, 4.69) is 15.5 Å². The predicted octanol–water partition coefficient (Wildman–Crippen LogP) is 0.134. The third kappa shape index (κ3) is 2.07. The van der Waals surface area contributed by atoms with Gasteiger partial charge in [0.2, 0.25) is 0 Å². The minimum absolute atomic E-state index is 0.227. The van der Waals surface area contributed by atoms with Crippen molar-refractivity contribution in [1.82, 2.24) is 20.1 Å². The first-order valence-electron chi connectivity index (χ1n) is 5.31. The van der Waals surface area contributed by atoms with Gasteiger partial charge < -0.3 is 5.32 Å². The molecule has 1 heterocycles. The normalized spacial score (nSPS) is 12.6. The van der Waals surface area contributed by atoms with Crippen LogP contribution in [0.15, 0.2) is 33.9 Å². The van der Waals surface area contributed by atoms with Gasteiger partial charge in [-0.05, 0) is 31.7 Å². The van der Waals surface area contributed by atoms with Crippen molar-refractivity contribution in [2.24, 2.45) is 0 Å². The molecule has 1 aromatic carbocycles. The molecule has 0 fully saturated rings. The summed E-state index contributed by atoms with van der Waals surface area (Å²) in [5, 5.41) is 7.60. The molecule has 0 bridgehead atoms. The zero-order valence-electron chi connectivity index (χ0n) is 9.65. The van der Waals surface area contributed by atoms with Crippen molar-refractivity contribution in [3.8, 4) is 5.69 Å². The molecular weight excluding hydrogens is 220 g/mol. The molecule has 1 aromatic heterocycles. The first kappa shape index (κ1) is 11.4. The minimum Gasteiger partial charge on any atom is -0.313 e. The zero-order chi connectivity index (χ0) is 12.4. The maximum absolute atomic E-state index is 11.4. The number of benzene rings is 1. The Kier molecular flexibility index (Phi) is 2.97. The third-order valence-electron chi connectivity index (χ3n) is 2.77. The molecule has 0 spiro atoms. The van der Waals surface area contributed by atoms with Gasteiger partial charge in [-0.25, -0.2) is 24.4 Å². The van der Waals surface area contributed by atoms with Crippen LogP contribution in [-0.4, -0.2) is 21.8 Å². The van der Waals surface area contributed by atoms with E-state index >= 15 is 0 Å². The number of nitrogens with zero attached hydrogens (tertiary/aromatic N) is 1. The van der Waals surface area contributed by atoms with Crippen LogP contribution in [0.2, 0.25) is 0 Å². The van der Waals surface area contributed by atoms with Crippen molar-refractivity contribution in [3.05, 3.63) is 50.8 Å². The van der Waals surface area contributed by atoms with Crippen LogP contribution in [0.25, 0.3) is 5.69 Å². The quantitative estimate of drug-likeness (QED) is 0.706. The van der Waals surface area contributed by atoms with E-state index in [1.165, 1.54) is 0 Å². The molecule has 6 heteroatoms. The number of hydrogen-bond acceptors (Lipinski definition) is 3. The van der Waals surface area contributed by atoms with Crippen molar-refractivity contribution in [2.45, 2.75) is 13.0 Å². The monoisotopic (exact) mass is 234 g/mol. The topological polar surface area (TPSA) is 82.7 Å². The van der Waals surface area contributed by atoms with Crippen LogP contribution in [-0.2, 0) is 0 Å². The lowest BCUT2D eigenvalue weighted by Gasteiger charge is -2.10. The summed E-state index contributed by atoms with van der Waals surface area (Å²) in [7, 11) is 1.87. The molecule has 2 rings (SSSR count). The second kappa shape index (κ2) is 4.42. The lowest BCUT2D eigenvalue weighted by molar-refractivity contribution is 0.652. The summed E-state index contributed by atoms with van der Waals surface area (Å²) in [5.74, 6) is 0. The highest BCUT2D eigenvalue weighted by Crippen LogP contribution is 2.13. The number of aromatic amines is 2. The fraction of sp³-hybridized carbons (Fsp3) is 0.273. The summed E-state index contributed by atoms with van der Waals surface area (Å²) < 4.78 is 1.05. The lowest BCUT2D eigenvalue weighted by Crippen LogP contribution is -2.24. The smallest absolute Gasteiger partial charge is 0.313 e. The van der Waals surface area contributed by atoms with Gasteiger partial charge in [-0.1, -0.05) is 12.1 Å². The van der Waals surface area contributed by atoms with Gasteiger partial charge in [0.1, 0.15) is 0 Å². The predicted molar refractivity (Wildman–Crippen MR) is 64.5 cm³/mol. The van der Waals surface area contributed by atoms with Gasteiger partial charge in [-0.2, -0.15) is 0 Å². The van der Waals surface area contributed by atoms with Crippen molar-refractivity contribution < 1.29 is 0 Å². The average Bonchev–Trinajstić information content (AvgIpc) is 2.68. The summed E-state index contributed by atoms with van der Waals surface area (Å²) in [6.07, 6.45) is 0. The number of H-pyrrole nitrogens is 2. The first-order chi connectivity index (χ1) is 8.13. The Morgan fingerprint density at radius 1 is 1.12 bits per heavy atom. The largest absolute Gasteiger partial charge is 0.348 e. The van der Waals surface area contributed by atoms with Gasteiger partial charge in [0, 0.05) is 6.04 Å². The van der Waals surface area contributed by atoms with Gasteiger partial charge in [0.25, 0.3) is 0 Å². The molecule has 17 heavy (non-hydrogen) atoms. The number of rotatable bonds is 3. The minimum atomic E-state index is -0.468. The first-order valence-corrected chi connectivity index (χ1v) is 5.31. The van der Waals surface area contributed by atoms with Crippen molar-refractivity contribution in [2.75, 3.05) is 7.05 Å². The van der Waals surface area contributed by atoms with Crippen LogP contribution in [0, 0.1) is 0 Å². The molecule has 0 aliphatic rings. The van der Waals surface area contributed by atoms with Crippen LogP contribution in [0.4, 0.5) is 0 Å². The van der Waals surface area contributed by atoms with Gasteiger partial charge in [0.15, 0.2) is 0 Å². The Labute approximate surface area is 97.3 Å². The fourth-order valence-corrected chi connectivity index (χ4v) is 1.62. The molecule has 1 atom stereocenters. The summed E-state index contributed by atoms with van der Waals surface area (Å²) in [4.78, 5) is 22.8. The molecule has 0 aliphatic heterocycles. The fourth-order valence-electron chi connectivity index (χ4n) is 1.62. The van der Waals surface area contributed by atoms with E-state index in [1.54, 1.807) is 12.1 Å². The summed E-state index contributed by atoms with van der Waals surface area (Å²) >= 11 is 0. The molecule has 0 radical (unpaired) electrons. The highest BCUT2D eigenvalue weighted by Gasteiger charge is 2.07. The zero-order valence-corrected chi connectivity index (χ0v) is 9.65. The maximum Gasteiger partial charge on any atom is 0.348 e. The summed E-state index contributed by atoms with van der Waals surface area (Å²) in [6.45, 7) is 2.03. The molecule has 1 unspecified atom stereocenters. The van der Waals surface area contributed by atoms with E-state index in [-0.39, 0.29) is 6.04 Å². The van der Waals surface area contributed by atoms with Crippen molar-refractivity contribution in [3.63, 3.8) is 0 Å². The molecule has 2 aromatic rings. The van der Waals surface area contributed by atoms with Gasteiger partial charge in [-0.15, -0.1) is 0 Å². The van der Waals surface area contributed by atoms with Gasteiger partial charge in [-0.3, -0.25) is 0 Å². The Morgan fingerprint density at radius 3 is 2.12 bits per heavy atom. The molecule has 0 saturated carbocycles. The van der Waals surface area contributed by atoms with Crippen molar-refractivity contribution >= 4 is 0 Å². The molecule has 0 aliphatic carbocycles. The molecule has 6 nitrogen and oxygen atoms in total. The average molecular weight is 234 g/mol. The van der Waals surface area contributed by atoms with Crippen LogP contribution in [0.5, 0.6) is 0 Å². The standard InChI is InChI=1S/C11H14N4O2/c1-7(12-2)8-3-5-9(6-4-8)15-10(16)13-14-11(15)17/h3-7,12H,1-2H3,(H,13,16)(H,14,17). The van der Waals surface area contributed by atoms with Crippen LogP contribution >= 0.6 is 0 Å². The Balaban J connectivity index is 2.43. The SMILES string of the molecule is CNC(C)c1ccc(-n2c(=O)[nH][nH]c2=O)cc1.